The van der Waals surface area contributed by atoms with Crippen LogP contribution in [-0.2, 0) is 20.6 Å². The quantitative estimate of drug-likeness (QED) is 0.167. The molecule has 1 atom stereocenters. The minimum atomic E-state index is -0.622. The first-order valence-electron chi connectivity index (χ1n) is 16.4. The molecule has 2 aromatic carbocycles. The summed E-state index contributed by atoms with van der Waals surface area (Å²) in [6.45, 7) is 15.1. The highest BCUT2D eigenvalue weighted by Gasteiger charge is 2.35. The molecule has 0 spiro atoms. The number of halogens is 1. The molecule has 2 amide bonds. The molecule has 0 aromatic heterocycles. The Hall–Kier alpha value is -3.66. The molecular formula is C36H51FN2O7. The van der Waals surface area contributed by atoms with E-state index in [1.54, 1.807) is 25.0 Å². The number of esters is 1. The molecule has 0 N–H and O–H groups in total. The normalized spacial score (nSPS) is 15.1. The lowest BCUT2D eigenvalue weighted by Crippen LogP contribution is -2.54. The summed E-state index contributed by atoms with van der Waals surface area (Å²) in [5.41, 5.74) is 1.45. The van der Waals surface area contributed by atoms with Crippen molar-refractivity contribution in [3.63, 3.8) is 0 Å². The number of benzene rings is 2. The van der Waals surface area contributed by atoms with Gasteiger partial charge in [0.05, 0.1) is 24.8 Å². The van der Waals surface area contributed by atoms with E-state index in [1.165, 1.54) is 18.2 Å². The lowest BCUT2D eigenvalue weighted by Gasteiger charge is -2.42. The number of ether oxygens (including phenoxy) is 4. The van der Waals surface area contributed by atoms with Gasteiger partial charge in [0.2, 0.25) is 0 Å². The molecule has 0 saturated carbocycles. The molecule has 9 nitrogen and oxygen atoms in total. The van der Waals surface area contributed by atoms with Crippen LogP contribution in [0.3, 0.4) is 0 Å². The second-order valence-electron chi connectivity index (χ2n) is 12.9. The van der Waals surface area contributed by atoms with E-state index >= 15 is 4.39 Å². The zero-order chi connectivity index (χ0) is 34.0. The Kier molecular flexibility index (Phi) is 13.4. The lowest BCUT2D eigenvalue weighted by molar-refractivity contribution is 0.00749. The summed E-state index contributed by atoms with van der Waals surface area (Å²) in [5.74, 6) is -0.914. The molecule has 0 radical (unpaired) electrons. The summed E-state index contributed by atoms with van der Waals surface area (Å²) in [4.78, 5) is 43.5. The second kappa shape index (κ2) is 16.8. The van der Waals surface area contributed by atoms with Gasteiger partial charge in [0, 0.05) is 56.0 Å². The van der Waals surface area contributed by atoms with Crippen molar-refractivity contribution in [3.05, 3.63) is 52.8 Å². The number of hydrogen-bond acceptors (Lipinski definition) is 7. The Labute approximate surface area is 273 Å². The first-order chi connectivity index (χ1) is 21.8. The maximum absolute atomic E-state index is 15.4. The Morgan fingerprint density at radius 1 is 1.07 bits per heavy atom. The van der Waals surface area contributed by atoms with Gasteiger partial charge in [-0.15, -0.1) is 0 Å². The summed E-state index contributed by atoms with van der Waals surface area (Å²) in [6, 6.07) is 7.25. The van der Waals surface area contributed by atoms with E-state index in [2.05, 4.69) is 0 Å². The highest BCUT2D eigenvalue weighted by molar-refractivity contribution is 5.98. The van der Waals surface area contributed by atoms with Crippen LogP contribution in [-0.4, -0.2) is 85.5 Å². The van der Waals surface area contributed by atoms with Gasteiger partial charge in [-0.2, -0.15) is 0 Å². The smallest absolute Gasteiger partial charge is 0.410 e. The van der Waals surface area contributed by atoms with Crippen molar-refractivity contribution >= 4 is 18.0 Å². The maximum atomic E-state index is 15.4. The molecule has 0 aliphatic carbocycles. The molecule has 1 aliphatic heterocycles. The Balaban J connectivity index is 2.09. The first-order valence-corrected chi connectivity index (χ1v) is 16.4. The van der Waals surface area contributed by atoms with Gasteiger partial charge in [0.25, 0.3) is 5.91 Å². The van der Waals surface area contributed by atoms with Gasteiger partial charge >= 0.3 is 12.1 Å². The SMILES string of the molecule is CCCc1cc(-c2cc(C(=O)OCC)ccc2F)c(OCCCOC)cc1C(=O)N(C(C)C)[C@@H]1CCCN(C(=O)OC(C)(C)C)C1. The number of nitrogens with zero attached hydrogens (tertiary/aromatic N) is 2. The Morgan fingerprint density at radius 3 is 2.43 bits per heavy atom. The van der Waals surface area contributed by atoms with Gasteiger partial charge in [0.15, 0.2) is 0 Å². The fourth-order valence-corrected chi connectivity index (χ4v) is 5.72. The summed E-state index contributed by atoms with van der Waals surface area (Å²) in [5, 5.41) is 0. The number of likely N-dealkylation sites (tertiary alicyclic amines) is 1. The Bertz CT molecular complexity index is 1350. The molecule has 1 fully saturated rings. The van der Waals surface area contributed by atoms with E-state index in [0.717, 1.165) is 24.8 Å². The van der Waals surface area contributed by atoms with Crippen molar-refractivity contribution < 1.29 is 37.7 Å². The summed E-state index contributed by atoms with van der Waals surface area (Å²) < 4.78 is 37.6. The average molecular weight is 643 g/mol. The van der Waals surface area contributed by atoms with Gasteiger partial charge < -0.3 is 28.7 Å². The molecule has 254 valence electrons. The predicted octanol–water partition coefficient (Wildman–Crippen LogP) is 7.29. The van der Waals surface area contributed by atoms with Crippen LogP contribution in [0.25, 0.3) is 11.1 Å². The topological polar surface area (TPSA) is 94.6 Å². The van der Waals surface area contributed by atoms with Crippen LogP contribution in [0.2, 0.25) is 0 Å². The van der Waals surface area contributed by atoms with Crippen LogP contribution in [0.15, 0.2) is 30.3 Å². The van der Waals surface area contributed by atoms with Gasteiger partial charge in [-0.1, -0.05) is 13.3 Å². The molecule has 0 unspecified atom stereocenters. The standard InChI is InChI=1S/C36H51FN2O7/c1-9-13-25-20-30(29-21-26(15-16-31(29)37)34(41)44-10-2)32(45-19-12-18-43-8)22-28(25)33(40)39(24(3)4)27-14-11-17-38(23-27)35(42)46-36(5,6)7/h15-16,20-22,24,27H,9-14,17-19,23H2,1-8H3/t27-/m1/s1. The van der Waals surface area contributed by atoms with Crippen LogP contribution in [0, 0.1) is 5.82 Å². The van der Waals surface area contributed by atoms with Gasteiger partial charge in [0.1, 0.15) is 17.2 Å². The third kappa shape index (κ3) is 9.67. The van der Waals surface area contributed by atoms with E-state index in [9.17, 15) is 14.4 Å². The van der Waals surface area contributed by atoms with E-state index in [1.807, 2.05) is 52.5 Å². The maximum Gasteiger partial charge on any atom is 0.410 e. The highest BCUT2D eigenvalue weighted by Crippen LogP contribution is 2.37. The first kappa shape index (κ1) is 36.8. The molecule has 3 rings (SSSR count). The monoisotopic (exact) mass is 642 g/mol. The minimum Gasteiger partial charge on any atom is -0.493 e. The van der Waals surface area contributed by atoms with Crippen molar-refractivity contribution in [2.45, 2.75) is 98.3 Å². The van der Waals surface area contributed by atoms with Crippen molar-refractivity contribution in [1.29, 1.82) is 0 Å². The molecule has 1 saturated heterocycles. The molecule has 1 heterocycles. The molecular weight excluding hydrogens is 591 g/mol. The van der Waals surface area contributed by atoms with Crippen molar-refractivity contribution in [2.24, 2.45) is 0 Å². The summed E-state index contributed by atoms with van der Waals surface area (Å²) in [7, 11) is 1.60. The lowest BCUT2D eigenvalue weighted by atomic mass is 9.92. The number of amides is 2. The zero-order valence-corrected chi connectivity index (χ0v) is 28.7. The van der Waals surface area contributed by atoms with Crippen LogP contribution >= 0.6 is 0 Å². The molecule has 0 bridgehead atoms. The van der Waals surface area contributed by atoms with E-state index < -0.39 is 17.4 Å². The van der Waals surface area contributed by atoms with Crippen LogP contribution < -0.4 is 4.74 Å². The largest absolute Gasteiger partial charge is 0.493 e. The van der Waals surface area contributed by atoms with Crippen LogP contribution in [0.5, 0.6) is 5.75 Å². The number of methoxy groups -OCH3 is 1. The number of carbonyl (C=O) groups is 3. The van der Waals surface area contributed by atoms with Gasteiger partial charge in [-0.05, 0) is 96.7 Å². The molecule has 10 heteroatoms. The average Bonchev–Trinajstić information content (AvgIpc) is 2.99. The van der Waals surface area contributed by atoms with E-state index in [4.69, 9.17) is 18.9 Å². The van der Waals surface area contributed by atoms with Crippen LogP contribution in [0.4, 0.5) is 9.18 Å². The predicted molar refractivity (Wildman–Crippen MR) is 176 cm³/mol. The fourth-order valence-electron chi connectivity index (χ4n) is 5.72. The van der Waals surface area contributed by atoms with Gasteiger partial charge in [-0.25, -0.2) is 14.0 Å². The number of aryl methyl sites for hydroxylation is 1. The minimum absolute atomic E-state index is 0.157. The van der Waals surface area contributed by atoms with Crippen LogP contribution in [0.1, 0.15) is 100 Å². The van der Waals surface area contributed by atoms with Crippen molar-refractivity contribution in [2.75, 3.05) is 40.0 Å². The zero-order valence-electron chi connectivity index (χ0n) is 28.7. The number of piperidine rings is 1. The third-order valence-corrected chi connectivity index (χ3v) is 7.71. The van der Waals surface area contributed by atoms with Gasteiger partial charge in [-0.3, -0.25) is 4.79 Å². The summed E-state index contributed by atoms with van der Waals surface area (Å²) in [6.07, 6.45) is 3.00. The fraction of sp³-hybridized carbons (Fsp3) is 0.583. The molecule has 46 heavy (non-hydrogen) atoms. The Morgan fingerprint density at radius 2 is 1.80 bits per heavy atom. The van der Waals surface area contributed by atoms with Crippen molar-refractivity contribution in [3.8, 4) is 16.9 Å². The second-order valence-corrected chi connectivity index (χ2v) is 12.9. The third-order valence-electron chi connectivity index (χ3n) is 7.71. The summed E-state index contributed by atoms with van der Waals surface area (Å²) >= 11 is 0. The number of carbonyl (C=O) groups excluding carboxylic acids is 3. The number of hydrogen-bond donors (Lipinski definition) is 0. The number of rotatable bonds is 13. The highest BCUT2D eigenvalue weighted by atomic mass is 19.1. The van der Waals surface area contributed by atoms with E-state index in [0.29, 0.717) is 49.4 Å². The molecule has 2 aromatic rings. The van der Waals surface area contributed by atoms with Crippen molar-refractivity contribution in [1.82, 2.24) is 9.80 Å². The molecule has 1 aliphatic rings. The van der Waals surface area contributed by atoms with E-state index in [-0.39, 0.29) is 48.4 Å².